The van der Waals surface area contributed by atoms with E-state index in [0.717, 1.165) is 0 Å². The molecule has 3 heteroatoms. The minimum atomic E-state index is -0.124. The molecule has 0 aliphatic rings. The molecule has 0 aromatic heterocycles. The van der Waals surface area contributed by atoms with Gasteiger partial charge in [-0.05, 0) is 20.3 Å². The van der Waals surface area contributed by atoms with Crippen molar-refractivity contribution in [2.75, 3.05) is 13.2 Å². The Balaban J connectivity index is 3.27. The van der Waals surface area contributed by atoms with Crippen molar-refractivity contribution in [3.63, 3.8) is 0 Å². The molecule has 0 saturated carbocycles. The maximum Gasteiger partial charge on any atom is 0.0781 e. The molecule has 10 heavy (non-hydrogen) atoms. The summed E-state index contributed by atoms with van der Waals surface area (Å²) < 4.78 is 5.23. The highest BCUT2D eigenvalue weighted by Crippen LogP contribution is 2.00. The summed E-state index contributed by atoms with van der Waals surface area (Å²) in [6.07, 6.45) is 0.540. The molecule has 0 heterocycles. The van der Waals surface area contributed by atoms with E-state index < -0.39 is 0 Å². The van der Waals surface area contributed by atoms with Gasteiger partial charge in [-0.1, -0.05) is 0 Å². The van der Waals surface area contributed by atoms with Crippen LogP contribution in [0.5, 0.6) is 0 Å². The average Bonchev–Trinajstić information content (AvgIpc) is 1.88. The Morgan fingerprint density at radius 2 is 1.80 bits per heavy atom. The molecule has 0 rings (SSSR count). The largest absolute Gasteiger partial charge is 0.396 e. The van der Waals surface area contributed by atoms with Crippen LogP contribution in [0.4, 0.5) is 0 Å². The van der Waals surface area contributed by atoms with Crippen LogP contribution in [0.1, 0.15) is 20.3 Å². The van der Waals surface area contributed by atoms with E-state index in [1.54, 1.807) is 6.92 Å². The van der Waals surface area contributed by atoms with E-state index in [1.165, 1.54) is 0 Å². The van der Waals surface area contributed by atoms with Gasteiger partial charge in [0.2, 0.25) is 0 Å². The van der Waals surface area contributed by atoms with Gasteiger partial charge in [0.1, 0.15) is 0 Å². The lowest BCUT2D eigenvalue weighted by Gasteiger charge is -2.15. The molecule has 0 bridgehead atoms. The summed E-state index contributed by atoms with van der Waals surface area (Å²) in [5, 5.41) is 17.0. The molecule has 2 N–H and O–H groups in total. The van der Waals surface area contributed by atoms with Gasteiger partial charge in [0, 0.05) is 6.61 Å². The summed E-state index contributed by atoms with van der Waals surface area (Å²) in [4.78, 5) is 0. The Kier molecular flexibility index (Phi) is 5.58. The quantitative estimate of drug-likeness (QED) is 0.583. The van der Waals surface area contributed by atoms with Gasteiger partial charge in [0.05, 0.1) is 18.8 Å². The zero-order valence-corrected chi connectivity index (χ0v) is 6.58. The molecule has 0 saturated heterocycles. The first kappa shape index (κ1) is 9.88. The van der Waals surface area contributed by atoms with Crippen LogP contribution in [-0.4, -0.2) is 35.6 Å². The first-order valence-corrected chi connectivity index (χ1v) is 3.58. The second-order valence-corrected chi connectivity index (χ2v) is 2.45. The lowest BCUT2D eigenvalue weighted by molar-refractivity contribution is -0.0292. The molecule has 62 valence electrons. The summed E-state index contributed by atoms with van der Waals surface area (Å²) in [5.41, 5.74) is 0. The highest BCUT2D eigenvalue weighted by Gasteiger charge is 2.05. The van der Waals surface area contributed by atoms with Crippen molar-refractivity contribution in [2.45, 2.75) is 32.5 Å². The summed E-state index contributed by atoms with van der Waals surface area (Å²) in [7, 11) is 0. The van der Waals surface area contributed by atoms with E-state index in [-0.39, 0.29) is 25.4 Å². The van der Waals surface area contributed by atoms with E-state index >= 15 is 0 Å². The van der Waals surface area contributed by atoms with Crippen LogP contribution >= 0.6 is 0 Å². The first-order valence-electron chi connectivity index (χ1n) is 3.58. The van der Waals surface area contributed by atoms with Crippen LogP contribution in [-0.2, 0) is 4.74 Å². The van der Waals surface area contributed by atoms with Gasteiger partial charge in [-0.3, -0.25) is 0 Å². The predicted octanol–water partition coefficient (Wildman–Crippen LogP) is 0.155. The summed E-state index contributed by atoms with van der Waals surface area (Å²) in [6, 6.07) is 0. The molecule has 2 unspecified atom stereocenters. The first-order chi connectivity index (χ1) is 4.70. The van der Waals surface area contributed by atoms with Crippen LogP contribution in [0.25, 0.3) is 0 Å². The molecular formula is C7H16O3. The van der Waals surface area contributed by atoms with Crippen LogP contribution in [0.15, 0.2) is 0 Å². The Labute approximate surface area is 61.6 Å². The fourth-order valence-corrected chi connectivity index (χ4v) is 0.689. The van der Waals surface area contributed by atoms with Crippen molar-refractivity contribution >= 4 is 0 Å². The fraction of sp³-hybridized carbons (Fsp3) is 1.00. The highest BCUT2D eigenvalue weighted by molar-refractivity contribution is 4.52. The Morgan fingerprint density at radius 3 is 2.20 bits per heavy atom. The molecule has 0 fully saturated rings. The van der Waals surface area contributed by atoms with Gasteiger partial charge >= 0.3 is 0 Å². The summed E-state index contributed by atoms with van der Waals surface area (Å²) in [6.45, 7) is 3.85. The highest BCUT2D eigenvalue weighted by atomic mass is 16.5. The number of rotatable bonds is 5. The van der Waals surface area contributed by atoms with Crippen molar-refractivity contribution in [3.05, 3.63) is 0 Å². The zero-order chi connectivity index (χ0) is 7.98. The molecule has 0 aromatic carbocycles. The summed E-state index contributed by atoms with van der Waals surface area (Å²) >= 11 is 0. The lowest BCUT2D eigenvalue weighted by Crippen LogP contribution is -2.20. The van der Waals surface area contributed by atoms with Crippen LogP contribution in [0, 0.1) is 0 Å². The molecular weight excluding hydrogens is 132 g/mol. The average molecular weight is 148 g/mol. The third-order valence-electron chi connectivity index (χ3n) is 1.26. The van der Waals surface area contributed by atoms with Gasteiger partial charge < -0.3 is 14.9 Å². The van der Waals surface area contributed by atoms with Gasteiger partial charge in [-0.15, -0.1) is 0 Å². The number of hydrogen-bond acceptors (Lipinski definition) is 3. The van der Waals surface area contributed by atoms with Crippen molar-refractivity contribution in [2.24, 2.45) is 0 Å². The maximum atomic E-state index is 8.56. The minimum absolute atomic E-state index is 0.0344. The molecule has 3 nitrogen and oxygen atoms in total. The smallest absolute Gasteiger partial charge is 0.0781 e. The zero-order valence-electron chi connectivity index (χ0n) is 6.58. The maximum absolute atomic E-state index is 8.56. The van der Waals surface area contributed by atoms with E-state index in [0.29, 0.717) is 6.42 Å². The minimum Gasteiger partial charge on any atom is -0.396 e. The molecule has 0 aliphatic carbocycles. The molecule has 0 aliphatic heterocycles. The second kappa shape index (κ2) is 5.65. The van der Waals surface area contributed by atoms with Gasteiger partial charge in [0.15, 0.2) is 0 Å². The standard InChI is InChI=1S/C7H16O3/c1-6(3-4-8)10-7(2)5-9/h6-9H,3-5H2,1-2H3. The fourth-order valence-electron chi connectivity index (χ4n) is 0.689. The van der Waals surface area contributed by atoms with E-state index in [9.17, 15) is 0 Å². The Bertz CT molecular complexity index is 75.3. The second-order valence-electron chi connectivity index (χ2n) is 2.45. The van der Waals surface area contributed by atoms with Gasteiger partial charge in [-0.2, -0.15) is 0 Å². The van der Waals surface area contributed by atoms with Crippen molar-refractivity contribution in [1.29, 1.82) is 0 Å². The number of ether oxygens (including phenoxy) is 1. The molecule has 2 atom stereocenters. The number of aliphatic hydroxyl groups is 2. The van der Waals surface area contributed by atoms with Crippen molar-refractivity contribution in [1.82, 2.24) is 0 Å². The normalized spacial score (nSPS) is 16.8. The van der Waals surface area contributed by atoms with Gasteiger partial charge in [-0.25, -0.2) is 0 Å². The molecule has 0 spiro atoms. The Morgan fingerprint density at radius 1 is 1.20 bits per heavy atom. The lowest BCUT2D eigenvalue weighted by atomic mass is 10.3. The van der Waals surface area contributed by atoms with E-state index in [1.807, 2.05) is 6.92 Å². The summed E-state index contributed by atoms with van der Waals surface area (Å²) in [5.74, 6) is 0. The monoisotopic (exact) mass is 148 g/mol. The Hall–Kier alpha value is -0.120. The molecule has 0 radical (unpaired) electrons. The number of aliphatic hydroxyl groups excluding tert-OH is 2. The SMILES string of the molecule is CC(CO)OC(C)CCO. The third kappa shape index (κ3) is 4.73. The van der Waals surface area contributed by atoms with Gasteiger partial charge in [0.25, 0.3) is 0 Å². The van der Waals surface area contributed by atoms with Crippen LogP contribution in [0.3, 0.4) is 0 Å². The van der Waals surface area contributed by atoms with Crippen molar-refractivity contribution in [3.8, 4) is 0 Å². The van der Waals surface area contributed by atoms with Crippen LogP contribution < -0.4 is 0 Å². The molecule has 0 aromatic rings. The van der Waals surface area contributed by atoms with E-state index in [4.69, 9.17) is 14.9 Å². The number of hydrogen-bond donors (Lipinski definition) is 2. The van der Waals surface area contributed by atoms with E-state index in [2.05, 4.69) is 0 Å². The van der Waals surface area contributed by atoms with Crippen molar-refractivity contribution < 1.29 is 14.9 Å². The third-order valence-corrected chi connectivity index (χ3v) is 1.26. The molecule has 0 amide bonds. The van der Waals surface area contributed by atoms with Crippen LogP contribution in [0.2, 0.25) is 0 Å². The topological polar surface area (TPSA) is 49.7 Å². The predicted molar refractivity (Wildman–Crippen MR) is 38.8 cm³/mol.